The fourth-order valence-electron chi connectivity index (χ4n) is 2.22. The highest BCUT2D eigenvalue weighted by Gasteiger charge is 2.16. The van der Waals surface area contributed by atoms with Crippen molar-refractivity contribution in [1.29, 1.82) is 0 Å². The number of rotatable bonds is 7. The lowest BCUT2D eigenvalue weighted by atomic mass is 10.1. The van der Waals surface area contributed by atoms with E-state index in [2.05, 4.69) is 43.4 Å². The summed E-state index contributed by atoms with van der Waals surface area (Å²) in [6, 6.07) is 8.50. The zero-order valence-corrected chi connectivity index (χ0v) is 12.0. The molecule has 1 unspecified atom stereocenters. The second kappa shape index (κ2) is 7.63. The number of hydrogen-bond donors (Lipinski definition) is 1. The maximum atomic E-state index is 5.90. The third-order valence-corrected chi connectivity index (χ3v) is 3.35. The molecule has 1 N–H and O–H groups in total. The van der Waals surface area contributed by atoms with Gasteiger partial charge in [-0.2, -0.15) is 0 Å². The van der Waals surface area contributed by atoms with Crippen LogP contribution in [0.4, 0.5) is 0 Å². The first kappa shape index (κ1) is 14.5. The molecule has 3 nitrogen and oxygen atoms in total. The van der Waals surface area contributed by atoms with Crippen LogP contribution in [0, 0.1) is 5.92 Å². The first-order valence-corrected chi connectivity index (χ1v) is 7.22. The molecule has 1 aliphatic heterocycles. The van der Waals surface area contributed by atoms with Crippen LogP contribution in [-0.4, -0.2) is 25.9 Å². The fraction of sp³-hybridized carbons (Fsp3) is 0.625. The van der Waals surface area contributed by atoms with Gasteiger partial charge in [0.15, 0.2) is 0 Å². The third kappa shape index (κ3) is 4.94. The van der Waals surface area contributed by atoms with E-state index in [9.17, 15) is 0 Å². The van der Waals surface area contributed by atoms with Crippen molar-refractivity contribution in [1.82, 2.24) is 5.32 Å². The summed E-state index contributed by atoms with van der Waals surface area (Å²) in [6.45, 7) is 8.68. The Kier molecular flexibility index (Phi) is 5.83. The van der Waals surface area contributed by atoms with E-state index in [1.54, 1.807) is 0 Å². The molecule has 3 heteroatoms. The van der Waals surface area contributed by atoms with Gasteiger partial charge in [0.2, 0.25) is 0 Å². The molecule has 106 valence electrons. The van der Waals surface area contributed by atoms with Gasteiger partial charge in [-0.05, 0) is 30.0 Å². The minimum absolute atomic E-state index is 0.275. The zero-order chi connectivity index (χ0) is 13.5. The summed E-state index contributed by atoms with van der Waals surface area (Å²) in [5, 5.41) is 3.49. The van der Waals surface area contributed by atoms with E-state index in [-0.39, 0.29) is 6.10 Å². The first-order valence-electron chi connectivity index (χ1n) is 7.22. The number of nitrogens with one attached hydrogen (secondary N) is 1. The van der Waals surface area contributed by atoms with E-state index in [4.69, 9.17) is 9.47 Å². The normalized spacial score (nSPS) is 19.2. The maximum Gasteiger partial charge on any atom is 0.0834 e. The number of hydrogen-bond acceptors (Lipinski definition) is 3. The lowest BCUT2D eigenvalue weighted by Crippen LogP contribution is -2.20. The van der Waals surface area contributed by atoms with Crippen molar-refractivity contribution in [2.45, 2.75) is 39.5 Å². The Morgan fingerprint density at radius 2 is 2.11 bits per heavy atom. The average Bonchev–Trinajstić information content (AvgIpc) is 2.90. The summed E-state index contributed by atoms with van der Waals surface area (Å²) in [5.74, 6) is 0.680. The molecular weight excluding hydrogens is 238 g/mol. The smallest absolute Gasteiger partial charge is 0.0834 e. The van der Waals surface area contributed by atoms with Crippen LogP contribution in [0.25, 0.3) is 0 Å². The largest absolute Gasteiger partial charge is 0.379 e. The molecule has 19 heavy (non-hydrogen) atoms. The van der Waals surface area contributed by atoms with Crippen LogP contribution in [0.5, 0.6) is 0 Å². The van der Waals surface area contributed by atoms with Gasteiger partial charge in [-0.3, -0.25) is 0 Å². The van der Waals surface area contributed by atoms with Crippen molar-refractivity contribution in [3.8, 4) is 0 Å². The van der Waals surface area contributed by atoms with E-state index in [1.807, 2.05) is 0 Å². The Morgan fingerprint density at radius 1 is 1.32 bits per heavy atom. The monoisotopic (exact) mass is 263 g/mol. The van der Waals surface area contributed by atoms with Gasteiger partial charge in [-0.1, -0.05) is 38.1 Å². The van der Waals surface area contributed by atoms with Crippen LogP contribution >= 0.6 is 0 Å². The highest BCUT2D eigenvalue weighted by Crippen LogP contribution is 2.14. The topological polar surface area (TPSA) is 30.5 Å². The maximum absolute atomic E-state index is 5.90. The fourth-order valence-corrected chi connectivity index (χ4v) is 2.22. The molecule has 0 radical (unpaired) electrons. The summed E-state index contributed by atoms with van der Waals surface area (Å²) in [6.07, 6.45) is 1.30. The summed E-state index contributed by atoms with van der Waals surface area (Å²) in [7, 11) is 0. The van der Waals surface area contributed by atoms with Crippen molar-refractivity contribution < 1.29 is 9.47 Å². The van der Waals surface area contributed by atoms with Gasteiger partial charge >= 0.3 is 0 Å². The van der Waals surface area contributed by atoms with E-state index in [1.165, 1.54) is 11.1 Å². The van der Waals surface area contributed by atoms with Crippen molar-refractivity contribution in [2.24, 2.45) is 5.92 Å². The average molecular weight is 263 g/mol. The predicted molar refractivity (Wildman–Crippen MR) is 77.0 cm³/mol. The molecule has 1 aromatic rings. The molecule has 2 rings (SSSR count). The number of benzene rings is 1. The highest BCUT2D eigenvalue weighted by atomic mass is 16.5. The van der Waals surface area contributed by atoms with E-state index in [0.29, 0.717) is 12.5 Å². The van der Waals surface area contributed by atoms with Crippen LogP contribution in [-0.2, 0) is 22.6 Å². The second-order valence-electron chi connectivity index (χ2n) is 5.59. The van der Waals surface area contributed by atoms with Gasteiger partial charge in [-0.15, -0.1) is 0 Å². The van der Waals surface area contributed by atoms with E-state index in [0.717, 1.165) is 32.7 Å². The van der Waals surface area contributed by atoms with Gasteiger partial charge in [0.25, 0.3) is 0 Å². The summed E-state index contributed by atoms with van der Waals surface area (Å²) in [4.78, 5) is 0. The zero-order valence-electron chi connectivity index (χ0n) is 12.0. The van der Waals surface area contributed by atoms with Crippen molar-refractivity contribution in [3.63, 3.8) is 0 Å². The molecule has 0 aromatic heterocycles. The van der Waals surface area contributed by atoms with E-state index >= 15 is 0 Å². The molecular formula is C16H25NO2. The Morgan fingerprint density at radius 3 is 2.79 bits per heavy atom. The second-order valence-corrected chi connectivity index (χ2v) is 5.59. The minimum atomic E-state index is 0.275. The van der Waals surface area contributed by atoms with Crippen molar-refractivity contribution in [3.05, 3.63) is 35.4 Å². The molecule has 1 aromatic carbocycles. The molecule has 0 amide bonds. The standard InChI is InChI=1S/C16H25NO2/c1-13(2)9-17-10-14-5-3-4-6-15(14)11-19-16-7-8-18-12-16/h3-6,13,16-17H,7-12H2,1-2H3. The molecule has 1 fully saturated rings. The summed E-state index contributed by atoms with van der Waals surface area (Å²) < 4.78 is 11.2. The minimum Gasteiger partial charge on any atom is -0.379 e. The van der Waals surface area contributed by atoms with Gasteiger partial charge in [-0.25, -0.2) is 0 Å². The van der Waals surface area contributed by atoms with Gasteiger partial charge < -0.3 is 14.8 Å². The molecule has 1 atom stereocenters. The van der Waals surface area contributed by atoms with Crippen LogP contribution < -0.4 is 5.32 Å². The lowest BCUT2D eigenvalue weighted by Gasteiger charge is -2.14. The SMILES string of the molecule is CC(C)CNCc1ccccc1COC1CCOC1. The summed E-state index contributed by atoms with van der Waals surface area (Å²) in [5.41, 5.74) is 2.62. The van der Waals surface area contributed by atoms with E-state index < -0.39 is 0 Å². The van der Waals surface area contributed by atoms with Crippen LogP contribution in [0.1, 0.15) is 31.4 Å². The molecule has 0 saturated carbocycles. The number of ether oxygens (including phenoxy) is 2. The Balaban J connectivity index is 1.84. The van der Waals surface area contributed by atoms with Crippen LogP contribution in [0.3, 0.4) is 0 Å². The Labute approximate surface area is 116 Å². The molecule has 1 heterocycles. The van der Waals surface area contributed by atoms with Crippen LogP contribution in [0.15, 0.2) is 24.3 Å². The van der Waals surface area contributed by atoms with Gasteiger partial charge in [0, 0.05) is 13.2 Å². The molecule has 1 saturated heterocycles. The molecule has 0 bridgehead atoms. The van der Waals surface area contributed by atoms with Crippen molar-refractivity contribution in [2.75, 3.05) is 19.8 Å². The lowest BCUT2D eigenvalue weighted by molar-refractivity contribution is 0.0314. The first-order chi connectivity index (χ1) is 9.25. The predicted octanol–water partition coefficient (Wildman–Crippen LogP) is 2.74. The van der Waals surface area contributed by atoms with Crippen LogP contribution in [0.2, 0.25) is 0 Å². The van der Waals surface area contributed by atoms with Crippen molar-refractivity contribution >= 4 is 0 Å². The molecule has 0 spiro atoms. The third-order valence-electron chi connectivity index (χ3n) is 3.35. The van der Waals surface area contributed by atoms with Gasteiger partial charge in [0.05, 0.1) is 19.3 Å². The molecule has 1 aliphatic rings. The Bertz CT molecular complexity index is 373. The highest BCUT2D eigenvalue weighted by molar-refractivity contribution is 5.26. The summed E-state index contributed by atoms with van der Waals surface area (Å²) >= 11 is 0. The molecule has 0 aliphatic carbocycles. The Hall–Kier alpha value is -0.900. The van der Waals surface area contributed by atoms with Gasteiger partial charge in [0.1, 0.15) is 0 Å². The quantitative estimate of drug-likeness (QED) is 0.820.